The topological polar surface area (TPSA) is 88.5 Å². The van der Waals surface area contributed by atoms with E-state index in [2.05, 4.69) is 20.6 Å². The van der Waals surface area contributed by atoms with Crippen LogP contribution in [-0.4, -0.2) is 41.9 Å². The molecule has 7 heteroatoms. The first-order valence-corrected chi connectivity index (χ1v) is 9.85. The largest absolute Gasteiger partial charge is 0.493 e. The second-order valence-electron chi connectivity index (χ2n) is 7.20. The molecule has 1 atom stereocenters. The van der Waals surface area contributed by atoms with Gasteiger partial charge in [0.1, 0.15) is 5.82 Å². The zero-order valence-corrected chi connectivity index (χ0v) is 17.7. The average molecular weight is 409 g/mol. The Labute approximate surface area is 177 Å². The van der Waals surface area contributed by atoms with Crippen LogP contribution < -0.4 is 20.1 Å². The summed E-state index contributed by atoms with van der Waals surface area (Å²) in [6.07, 6.45) is 0. The number of rotatable bonds is 9. The van der Waals surface area contributed by atoms with E-state index in [1.807, 2.05) is 68.4 Å². The summed E-state index contributed by atoms with van der Waals surface area (Å²) < 4.78 is 10.7. The summed E-state index contributed by atoms with van der Waals surface area (Å²) in [5, 5.41) is 16.3. The molecule has 0 spiro atoms. The van der Waals surface area contributed by atoms with Gasteiger partial charge in [-0.15, -0.1) is 0 Å². The Kier molecular flexibility index (Phi) is 7.08. The molecule has 2 aromatic carbocycles. The number of aliphatic hydroxyl groups is 1. The predicted molar refractivity (Wildman–Crippen MR) is 120 cm³/mol. The molecule has 0 radical (unpaired) electrons. The van der Waals surface area contributed by atoms with Gasteiger partial charge >= 0.3 is 0 Å². The third-order valence-electron chi connectivity index (χ3n) is 4.77. The number of aromatic nitrogens is 2. The lowest BCUT2D eigenvalue weighted by Gasteiger charge is -2.21. The van der Waals surface area contributed by atoms with Crippen molar-refractivity contribution in [2.45, 2.75) is 19.9 Å². The molecule has 0 aliphatic carbocycles. The van der Waals surface area contributed by atoms with Crippen LogP contribution in [0.15, 0.2) is 54.6 Å². The minimum absolute atomic E-state index is 0.00493. The summed E-state index contributed by atoms with van der Waals surface area (Å²) in [5.41, 5.74) is 2.55. The first-order valence-electron chi connectivity index (χ1n) is 9.85. The van der Waals surface area contributed by atoms with Crippen LogP contribution in [0.4, 0.5) is 17.5 Å². The molecule has 0 bridgehead atoms. The fourth-order valence-corrected chi connectivity index (χ4v) is 2.98. The second-order valence-corrected chi connectivity index (χ2v) is 7.20. The highest BCUT2D eigenvalue weighted by Gasteiger charge is 2.15. The molecule has 0 amide bonds. The van der Waals surface area contributed by atoms with Gasteiger partial charge in [0, 0.05) is 23.4 Å². The number of benzene rings is 2. The van der Waals surface area contributed by atoms with Crippen molar-refractivity contribution < 1.29 is 14.6 Å². The number of nitrogens with one attached hydrogen (secondary N) is 2. The molecule has 0 saturated carbocycles. The van der Waals surface area contributed by atoms with Gasteiger partial charge in [0.15, 0.2) is 11.5 Å². The van der Waals surface area contributed by atoms with Crippen molar-refractivity contribution in [3.8, 4) is 22.8 Å². The lowest BCUT2D eigenvalue weighted by Crippen LogP contribution is -2.30. The first kappa shape index (κ1) is 21.4. The summed E-state index contributed by atoms with van der Waals surface area (Å²) in [5.74, 6) is 2.58. The lowest BCUT2D eigenvalue weighted by molar-refractivity contribution is 0.248. The van der Waals surface area contributed by atoms with E-state index in [4.69, 9.17) is 9.47 Å². The quantitative estimate of drug-likeness (QED) is 0.485. The first-order chi connectivity index (χ1) is 14.5. The van der Waals surface area contributed by atoms with Gasteiger partial charge in [-0.25, -0.2) is 4.98 Å². The maximum atomic E-state index is 9.70. The minimum Gasteiger partial charge on any atom is -0.493 e. The highest BCUT2D eigenvalue weighted by Crippen LogP contribution is 2.31. The van der Waals surface area contributed by atoms with Crippen molar-refractivity contribution in [3.05, 3.63) is 54.6 Å². The zero-order chi connectivity index (χ0) is 21.5. The summed E-state index contributed by atoms with van der Waals surface area (Å²) >= 11 is 0. The van der Waals surface area contributed by atoms with Crippen LogP contribution in [0.1, 0.15) is 13.8 Å². The molecule has 0 aliphatic rings. The van der Waals surface area contributed by atoms with E-state index < -0.39 is 0 Å². The molecule has 0 aliphatic heterocycles. The van der Waals surface area contributed by atoms with Gasteiger partial charge < -0.3 is 25.2 Å². The van der Waals surface area contributed by atoms with Gasteiger partial charge in [0.05, 0.1) is 32.6 Å². The van der Waals surface area contributed by atoms with Crippen LogP contribution in [0.2, 0.25) is 0 Å². The standard InChI is InChI=1S/C23H28N4O3/c1-15(2)19(14-28)26-23-25-18(16-8-6-5-7-9-16)13-22(27-23)24-17-10-11-20(29-3)21(12-17)30-4/h5-13,15,19,28H,14H2,1-4H3,(H2,24,25,26,27)/t19-/m0/s1. The van der Waals surface area contributed by atoms with Gasteiger partial charge in [-0.05, 0) is 18.1 Å². The summed E-state index contributed by atoms with van der Waals surface area (Å²) in [6.45, 7) is 4.07. The number of hydrogen-bond acceptors (Lipinski definition) is 7. The van der Waals surface area contributed by atoms with E-state index in [9.17, 15) is 5.11 Å². The maximum absolute atomic E-state index is 9.70. The van der Waals surface area contributed by atoms with Crippen molar-refractivity contribution >= 4 is 17.5 Å². The average Bonchev–Trinajstić information content (AvgIpc) is 2.77. The van der Waals surface area contributed by atoms with Crippen LogP contribution in [0.3, 0.4) is 0 Å². The van der Waals surface area contributed by atoms with E-state index in [-0.39, 0.29) is 18.6 Å². The normalized spacial score (nSPS) is 11.8. The van der Waals surface area contributed by atoms with Crippen LogP contribution in [0.5, 0.6) is 11.5 Å². The molecule has 0 fully saturated rings. The maximum Gasteiger partial charge on any atom is 0.225 e. The molecule has 3 rings (SSSR count). The van der Waals surface area contributed by atoms with Crippen LogP contribution in [-0.2, 0) is 0 Å². The van der Waals surface area contributed by atoms with Gasteiger partial charge in [-0.3, -0.25) is 0 Å². The van der Waals surface area contributed by atoms with Crippen LogP contribution >= 0.6 is 0 Å². The van der Waals surface area contributed by atoms with E-state index in [0.717, 1.165) is 16.9 Å². The number of hydrogen-bond donors (Lipinski definition) is 3. The second kappa shape index (κ2) is 9.93. The van der Waals surface area contributed by atoms with Gasteiger partial charge in [0.25, 0.3) is 0 Å². The van der Waals surface area contributed by atoms with Crippen molar-refractivity contribution in [2.24, 2.45) is 5.92 Å². The molecule has 0 saturated heterocycles. The molecule has 0 unspecified atom stereocenters. The minimum atomic E-state index is -0.148. The Bertz CT molecular complexity index is 964. The molecule has 1 aromatic heterocycles. The highest BCUT2D eigenvalue weighted by molar-refractivity contribution is 5.68. The van der Waals surface area contributed by atoms with E-state index >= 15 is 0 Å². The fourth-order valence-electron chi connectivity index (χ4n) is 2.98. The zero-order valence-electron chi connectivity index (χ0n) is 17.7. The summed E-state index contributed by atoms with van der Waals surface area (Å²) in [4.78, 5) is 9.26. The lowest BCUT2D eigenvalue weighted by atomic mass is 10.1. The van der Waals surface area contributed by atoms with E-state index in [0.29, 0.717) is 23.3 Å². The molecular formula is C23H28N4O3. The molecule has 158 valence electrons. The molecule has 3 N–H and O–H groups in total. The number of anilines is 3. The monoisotopic (exact) mass is 408 g/mol. The molecule has 3 aromatic rings. The van der Waals surface area contributed by atoms with Crippen molar-refractivity contribution in [3.63, 3.8) is 0 Å². The molecule has 1 heterocycles. The van der Waals surface area contributed by atoms with Gasteiger partial charge in [-0.1, -0.05) is 44.2 Å². The van der Waals surface area contributed by atoms with Gasteiger partial charge in [-0.2, -0.15) is 4.98 Å². The van der Waals surface area contributed by atoms with Crippen molar-refractivity contribution in [1.82, 2.24) is 9.97 Å². The van der Waals surface area contributed by atoms with Crippen LogP contribution in [0, 0.1) is 5.92 Å². The third kappa shape index (κ3) is 5.18. The van der Waals surface area contributed by atoms with Gasteiger partial charge in [0.2, 0.25) is 5.95 Å². The van der Waals surface area contributed by atoms with Crippen molar-refractivity contribution in [2.75, 3.05) is 31.5 Å². The summed E-state index contributed by atoms with van der Waals surface area (Å²) in [6, 6.07) is 17.2. The fraction of sp³-hybridized carbons (Fsp3) is 0.304. The summed E-state index contributed by atoms with van der Waals surface area (Å²) in [7, 11) is 3.20. The molecule has 30 heavy (non-hydrogen) atoms. The molecule has 7 nitrogen and oxygen atoms in total. The van der Waals surface area contributed by atoms with Crippen LogP contribution in [0.25, 0.3) is 11.3 Å². The van der Waals surface area contributed by atoms with Crippen molar-refractivity contribution in [1.29, 1.82) is 0 Å². The molecular weight excluding hydrogens is 380 g/mol. The SMILES string of the molecule is COc1ccc(Nc2cc(-c3ccccc3)nc(N[C@@H](CO)C(C)C)n2)cc1OC. The Morgan fingerprint density at radius 2 is 1.67 bits per heavy atom. The van der Waals surface area contributed by atoms with E-state index in [1.165, 1.54) is 0 Å². The number of nitrogens with zero attached hydrogens (tertiary/aromatic N) is 2. The highest BCUT2D eigenvalue weighted by atomic mass is 16.5. The third-order valence-corrected chi connectivity index (χ3v) is 4.77. The predicted octanol–water partition coefficient (Wildman–Crippen LogP) is 4.33. The Hall–Kier alpha value is -3.32. The number of ether oxygens (including phenoxy) is 2. The Balaban J connectivity index is 1.97. The smallest absolute Gasteiger partial charge is 0.225 e. The number of aliphatic hydroxyl groups excluding tert-OH is 1. The van der Waals surface area contributed by atoms with E-state index in [1.54, 1.807) is 14.2 Å². The Morgan fingerprint density at radius 1 is 0.933 bits per heavy atom. The Morgan fingerprint density at radius 3 is 2.30 bits per heavy atom. The number of methoxy groups -OCH3 is 2.